The first-order chi connectivity index (χ1) is 5.36. The zero-order chi connectivity index (χ0) is 8.10. The van der Waals surface area contributed by atoms with E-state index in [1.807, 2.05) is 0 Å². The summed E-state index contributed by atoms with van der Waals surface area (Å²) in [6.45, 7) is 5.70. The number of hydrogen-bond donors (Lipinski definition) is 0. The highest BCUT2D eigenvalue weighted by atomic mass is 32.8. The van der Waals surface area contributed by atoms with Gasteiger partial charge in [0.25, 0.3) is 0 Å². The lowest BCUT2D eigenvalue weighted by atomic mass is 10.4. The summed E-state index contributed by atoms with van der Waals surface area (Å²) in [5.74, 6) is 2.24. The molecule has 0 N–H and O–H groups in total. The Bertz CT molecular complexity index is 167. The van der Waals surface area contributed by atoms with Crippen LogP contribution in [0.5, 0.6) is 0 Å². The number of rotatable bonds is 2. The molecular formula is C7H15NOS2. The Morgan fingerprint density at radius 3 is 2.55 bits per heavy atom. The molecule has 11 heavy (non-hydrogen) atoms. The van der Waals surface area contributed by atoms with E-state index in [4.69, 9.17) is 0 Å². The maximum atomic E-state index is 10.5. The topological polar surface area (TPSA) is 20.3 Å². The lowest BCUT2D eigenvalue weighted by molar-refractivity contribution is 0.303. The summed E-state index contributed by atoms with van der Waals surface area (Å²) in [6.07, 6.45) is 1.23. The van der Waals surface area contributed by atoms with E-state index in [0.29, 0.717) is 0 Å². The lowest BCUT2D eigenvalue weighted by Crippen LogP contribution is -2.37. The third kappa shape index (κ3) is 3.05. The van der Waals surface area contributed by atoms with Crippen molar-refractivity contribution >= 4 is 19.7 Å². The Hall–Kier alpha value is 0.330. The van der Waals surface area contributed by atoms with Crippen LogP contribution in [0, 0.1) is 0 Å². The van der Waals surface area contributed by atoms with E-state index < -0.39 is 0 Å². The minimum absolute atomic E-state index is 0.144. The average Bonchev–Trinajstić information content (AvgIpc) is 2.07. The van der Waals surface area contributed by atoms with Gasteiger partial charge in [-0.1, -0.05) is 16.4 Å². The second kappa shape index (κ2) is 5.06. The van der Waals surface area contributed by atoms with Crippen molar-refractivity contribution in [3.05, 3.63) is 0 Å². The third-order valence-corrected chi connectivity index (χ3v) is 4.95. The van der Waals surface area contributed by atoms with Crippen LogP contribution < -0.4 is 0 Å². The number of nitrogens with zero attached hydrogens (tertiary/aromatic N) is 1. The minimum Gasteiger partial charge on any atom is -0.302 e. The van der Waals surface area contributed by atoms with Crippen molar-refractivity contribution in [2.45, 2.75) is 13.3 Å². The van der Waals surface area contributed by atoms with Gasteiger partial charge in [0, 0.05) is 24.6 Å². The summed E-state index contributed by atoms with van der Waals surface area (Å²) in [4.78, 5) is 2.46. The maximum absolute atomic E-state index is 10.5. The first-order valence-corrected chi connectivity index (χ1v) is 6.89. The van der Waals surface area contributed by atoms with E-state index in [-0.39, 0.29) is 9.45 Å². The molecule has 1 fully saturated rings. The van der Waals surface area contributed by atoms with Gasteiger partial charge in [-0.15, -0.1) is 0 Å². The van der Waals surface area contributed by atoms with Crippen molar-refractivity contribution in [2.24, 2.45) is 0 Å². The van der Waals surface area contributed by atoms with E-state index in [0.717, 1.165) is 34.8 Å². The van der Waals surface area contributed by atoms with Gasteiger partial charge in [0.1, 0.15) is 10.2 Å². The molecule has 0 aliphatic carbocycles. The van der Waals surface area contributed by atoms with Crippen LogP contribution in [0.2, 0.25) is 0 Å². The molecule has 0 atom stereocenters. The molecule has 1 saturated heterocycles. The van der Waals surface area contributed by atoms with Crippen LogP contribution in [0.25, 0.3) is 0 Å². The van der Waals surface area contributed by atoms with Crippen LogP contribution in [0.15, 0.2) is 0 Å². The van der Waals surface area contributed by atoms with Gasteiger partial charge in [-0.25, -0.2) is 4.21 Å². The Kier molecular flexibility index (Phi) is 4.33. The van der Waals surface area contributed by atoms with Crippen LogP contribution in [0.3, 0.4) is 0 Å². The van der Waals surface area contributed by atoms with Crippen LogP contribution in [0.4, 0.5) is 0 Å². The fraction of sp³-hybridized carbons (Fsp3) is 1.00. The molecule has 1 rings (SSSR count). The maximum Gasteiger partial charge on any atom is 0.120 e. The highest BCUT2D eigenvalue weighted by Crippen LogP contribution is 2.00. The summed E-state index contributed by atoms with van der Waals surface area (Å²) < 4.78 is 10.5. The fourth-order valence-electron chi connectivity index (χ4n) is 1.28. The first kappa shape index (κ1) is 9.42. The Balaban J connectivity index is 2.30. The minimum atomic E-state index is 0.144. The van der Waals surface area contributed by atoms with Gasteiger partial charge < -0.3 is 4.90 Å². The zero-order valence-corrected chi connectivity index (χ0v) is 8.55. The molecule has 0 unspecified atom stereocenters. The smallest absolute Gasteiger partial charge is 0.120 e. The van der Waals surface area contributed by atoms with E-state index in [9.17, 15) is 4.21 Å². The van der Waals surface area contributed by atoms with Gasteiger partial charge in [0.05, 0.1) is 0 Å². The van der Waals surface area contributed by atoms with Crippen molar-refractivity contribution in [2.75, 3.05) is 31.1 Å². The first-order valence-electron chi connectivity index (χ1n) is 4.07. The molecule has 0 spiro atoms. The molecule has 1 aliphatic rings. The Morgan fingerprint density at radius 1 is 1.45 bits per heavy atom. The molecule has 1 aliphatic heterocycles. The highest BCUT2D eigenvalue weighted by Gasteiger charge is 2.11. The zero-order valence-electron chi connectivity index (χ0n) is 6.91. The van der Waals surface area contributed by atoms with Crippen LogP contribution in [0.1, 0.15) is 13.3 Å². The fourth-order valence-corrected chi connectivity index (χ4v) is 3.40. The van der Waals surface area contributed by atoms with Crippen LogP contribution in [-0.4, -0.2) is 40.2 Å². The molecule has 0 radical (unpaired) electrons. The van der Waals surface area contributed by atoms with Gasteiger partial charge in [0.2, 0.25) is 0 Å². The molecule has 0 aromatic rings. The molecular weight excluding hydrogens is 178 g/mol. The Morgan fingerprint density at radius 2 is 2.09 bits per heavy atom. The van der Waals surface area contributed by atoms with Crippen LogP contribution >= 0.6 is 0 Å². The molecule has 1 heterocycles. The summed E-state index contributed by atoms with van der Waals surface area (Å²) in [5, 5.41) is 0. The van der Waals surface area contributed by atoms with Crippen molar-refractivity contribution in [1.82, 2.24) is 4.90 Å². The van der Waals surface area contributed by atoms with Gasteiger partial charge in [0.15, 0.2) is 0 Å². The van der Waals surface area contributed by atoms with Gasteiger partial charge >= 0.3 is 0 Å². The van der Waals surface area contributed by atoms with E-state index in [1.165, 1.54) is 13.0 Å². The Labute approximate surface area is 73.6 Å². The summed E-state index contributed by atoms with van der Waals surface area (Å²) >= 11 is 0. The second-order valence-electron chi connectivity index (χ2n) is 2.76. The molecule has 2 nitrogen and oxygen atoms in total. The SMILES string of the molecule is CCCN1CCS(=S=O)CC1. The summed E-state index contributed by atoms with van der Waals surface area (Å²) in [6, 6.07) is 0. The van der Waals surface area contributed by atoms with Crippen molar-refractivity contribution in [1.29, 1.82) is 0 Å². The lowest BCUT2D eigenvalue weighted by Gasteiger charge is -2.26. The van der Waals surface area contributed by atoms with Crippen molar-refractivity contribution < 1.29 is 4.21 Å². The molecule has 0 bridgehead atoms. The monoisotopic (exact) mass is 193 g/mol. The van der Waals surface area contributed by atoms with E-state index in [1.54, 1.807) is 0 Å². The van der Waals surface area contributed by atoms with Gasteiger partial charge in [-0.05, 0) is 13.0 Å². The largest absolute Gasteiger partial charge is 0.302 e. The van der Waals surface area contributed by atoms with Gasteiger partial charge in [-0.2, -0.15) is 0 Å². The average molecular weight is 193 g/mol. The molecule has 0 aromatic heterocycles. The predicted molar refractivity (Wildman–Crippen MR) is 52.0 cm³/mol. The van der Waals surface area contributed by atoms with Gasteiger partial charge in [-0.3, -0.25) is 0 Å². The number of hydrogen-bond acceptors (Lipinski definition) is 2. The van der Waals surface area contributed by atoms with Crippen LogP contribution in [-0.2, 0) is 19.7 Å². The standard InChI is InChI=1S/C7H15NOS2/c1-2-3-8-4-6-11(10-9)7-5-8/h2-7H2,1H3. The quantitative estimate of drug-likeness (QED) is 0.635. The van der Waals surface area contributed by atoms with E-state index >= 15 is 0 Å². The second-order valence-corrected chi connectivity index (χ2v) is 6.41. The van der Waals surface area contributed by atoms with Crippen molar-refractivity contribution in [3.8, 4) is 0 Å². The third-order valence-electron chi connectivity index (χ3n) is 1.91. The normalized spacial score (nSPS) is 21.9. The molecule has 0 aromatic carbocycles. The molecule has 4 heteroatoms. The summed E-state index contributed by atoms with van der Waals surface area (Å²) in [7, 11) is 0.961. The van der Waals surface area contributed by atoms with E-state index in [2.05, 4.69) is 11.8 Å². The highest BCUT2D eigenvalue weighted by molar-refractivity contribution is 8.31. The molecule has 66 valence electrons. The molecule has 0 amide bonds. The predicted octanol–water partition coefficient (Wildman–Crippen LogP) is 0.458. The summed E-state index contributed by atoms with van der Waals surface area (Å²) in [5.41, 5.74) is 0. The molecule has 0 saturated carbocycles. The van der Waals surface area contributed by atoms with Crippen molar-refractivity contribution in [3.63, 3.8) is 0 Å².